The van der Waals surface area contributed by atoms with Crippen molar-refractivity contribution < 1.29 is 14.0 Å². The van der Waals surface area contributed by atoms with E-state index in [2.05, 4.69) is 37.0 Å². The van der Waals surface area contributed by atoms with Crippen molar-refractivity contribution in [3.8, 4) is 0 Å². The van der Waals surface area contributed by atoms with Crippen LogP contribution >= 0.6 is 11.8 Å². The number of carbonyl (C=O) groups excluding carboxylic acids is 2. The molecule has 0 saturated carbocycles. The number of nitrogens with zero attached hydrogens (tertiary/aromatic N) is 3. The molecule has 0 unspecified atom stereocenters. The summed E-state index contributed by atoms with van der Waals surface area (Å²) in [5.41, 5.74) is 2.96. The van der Waals surface area contributed by atoms with Gasteiger partial charge in [0, 0.05) is 37.3 Å². The first kappa shape index (κ1) is 20.2. The second-order valence-corrected chi connectivity index (χ2v) is 8.32. The molecule has 0 N–H and O–H groups in total. The van der Waals surface area contributed by atoms with Crippen LogP contribution in [0.25, 0.3) is 0 Å². The van der Waals surface area contributed by atoms with Crippen LogP contribution in [-0.4, -0.2) is 52.8 Å². The van der Waals surface area contributed by atoms with E-state index in [0.717, 1.165) is 10.5 Å². The number of rotatable bonds is 4. The Balaban J connectivity index is 1.46. The van der Waals surface area contributed by atoms with Gasteiger partial charge in [-0.3, -0.25) is 9.59 Å². The van der Waals surface area contributed by atoms with Crippen LogP contribution in [0.4, 0.5) is 0 Å². The summed E-state index contributed by atoms with van der Waals surface area (Å²) < 4.78 is 5.20. The first-order valence-electron chi connectivity index (χ1n) is 9.85. The zero-order valence-electron chi connectivity index (χ0n) is 17.0. The fraction of sp³-hybridized carbons (Fsp3) is 0.261. The van der Waals surface area contributed by atoms with E-state index >= 15 is 0 Å². The minimum absolute atomic E-state index is 0.0551. The summed E-state index contributed by atoms with van der Waals surface area (Å²) >= 11 is 1.51. The molecule has 0 radical (unpaired) electrons. The Morgan fingerprint density at radius 3 is 2.37 bits per heavy atom. The fourth-order valence-electron chi connectivity index (χ4n) is 3.49. The number of amides is 2. The maximum Gasteiger partial charge on any atom is 0.289 e. The van der Waals surface area contributed by atoms with E-state index in [-0.39, 0.29) is 11.8 Å². The predicted octanol–water partition coefficient (Wildman–Crippen LogP) is 4.04. The second-order valence-electron chi connectivity index (χ2n) is 7.29. The normalized spacial score (nSPS) is 14.1. The van der Waals surface area contributed by atoms with Gasteiger partial charge in [0.05, 0.1) is 11.8 Å². The molecule has 1 saturated heterocycles. The number of piperazine rings is 1. The highest BCUT2D eigenvalue weighted by Gasteiger charge is 2.28. The molecule has 0 spiro atoms. The highest BCUT2D eigenvalue weighted by Crippen LogP contribution is 2.32. The van der Waals surface area contributed by atoms with Gasteiger partial charge in [-0.25, -0.2) is 4.98 Å². The summed E-state index contributed by atoms with van der Waals surface area (Å²) in [4.78, 5) is 34.7. The average molecular weight is 422 g/mol. The highest BCUT2D eigenvalue weighted by atomic mass is 32.2. The van der Waals surface area contributed by atoms with E-state index in [9.17, 15) is 9.59 Å². The summed E-state index contributed by atoms with van der Waals surface area (Å²) in [5.74, 6) is 0.134. The SMILES string of the molecule is Cc1ccc(Sc2ncccc2C(=O)N2CCN(C(=O)c3ccco3)CC2)c(C)c1. The van der Waals surface area contributed by atoms with Crippen molar-refractivity contribution in [2.75, 3.05) is 26.2 Å². The summed E-state index contributed by atoms with van der Waals surface area (Å²) in [7, 11) is 0. The van der Waals surface area contributed by atoms with Gasteiger partial charge in [0.2, 0.25) is 0 Å². The Morgan fingerprint density at radius 1 is 0.967 bits per heavy atom. The molecular weight excluding hydrogens is 398 g/mol. The molecule has 3 heterocycles. The van der Waals surface area contributed by atoms with E-state index in [1.165, 1.54) is 23.6 Å². The highest BCUT2D eigenvalue weighted by molar-refractivity contribution is 7.99. The lowest BCUT2D eigenvalue weighted by atomic mass is 10.2. The molecule has 30 heavy (non-hydrogen) atoms. The Labute approximate surface area is 179 Å². The molecule has 0 bridgehead atoms. The Hall–Kier alpha value is -3.06. The van der Waals surface area contributed by atoms with Gasteiger partial charge in [-0.2, -0.15) is 0 Å². The number of furan rings is 1. The Morgan fingerprint density at radius 2 is 1.70 bits per heavy atom. The standard InChI is InChI=1S/C23H23N3O3S/c1-16-7-8-20(17(2)15-16)30-21-18(5-3-9-24-21)22(27)25-10-12-26(13-11-25)23(28)19-6-4-14-29-19/h3-9,14-15H,10-13H2,1-2H3. The number of benzene rings is 1. The molecule has 4 rings (SSSR count). The molecule has 3 aromatic rings. The third-order valence-corrected chi connectivity index (χ3v) is 6.32. The second kappa shape index (κ2) is 8.75. The first-order chi connectivity index (χ1) is 14.5. The number of hydrogen-bond donors (Lipinski definition) is 0. The number of aryl methyl sites for hydroxylation is 2. The van der Waals surface area contributed by atoms with Crippen LogP contribution < -0.4 is 0 Å². The Bertz CT molecular complexity index is 1060. The van der Waals surface area contributed by atoms with Crippen molar-refractivity contribution in [3.05, 3.63) is 77.4 Å². The topological polar surface area (TPSA) is 66.7 Å². The molecule has 6 nitrogen and oxygen atoms in total. The molecule has 1 aliphatic heterocycles. The van der Waals surface area contributed by atoms with Gasteiger partial charge in [-0.15, -0.1) is 0 Å². The quantitative estimate of drug-likeness (QED) is 0.636. The van der Waals surface area contributed by atoms with Crippen LogP contribution in [0.2, 0.25) is 0 Å². The smallest absolute Gasteiger partial charge is 0.289 e. The summed E-state index contributed by atoms with van der Waals surface area (Å²) in [6, 6.07) is 13.2. The lowest BCUT2D eigenvalue weighted by molar-refractivity contribution is 0.0516. The maximum absolute atomic E-state index is 13.2. The van der Waals surface area contributed by atoms with Crippen molar-refractivity contribution >= 4 is 23.6 Å². The van der Waals surface area contributed by atoms with Crippen LogP contribution in [0.15, 0.2) is 69.3 Å². The van der Waals surface area contributed by atoms with E-state index in [0.29, 0.717) is 42.5 Å². The van der Waals surface area contributed by atoms with E-state index in [1.54, 1.807) is 34.2 Å². The van der Waals surface area contributed by atoms with Crippen LogP contribution in [0.3, 0.4) is 0 Å². The molecule has 2 aromatic heterocycles. The van der Waals surface area contributed by atoms with Crippen LogP contribution in [0.1, 0.15) is 32.0 Å². The number of pyridine rings is 1. The molecule has 154 valence electrons. The van der Waals surface area contributed by atoms with E-state index in [1.807, 2.05) is 6.07 Å². The minimum atomic E-state index is -0.139. The van der Waals surface area contributed by atoms with Gasteiger partial charge in [-0.1, -0.05) is 29.5 Å². The molecule has 0 atom stereocenters. The minimum Gasteiger partial charge on any atom is -0.459 e. The molecule has 1 fully saturated rings. The zero-order valence-corrected chi connectivity index (χ0v) is 17.8. The van der Waals surface area contributed by atoms with Gasteiger partial charge >= 0.3 is 0 Å². The third kappa shape index (κ3) is 4.26. The molecule has 7 heteroatoms. The predicted molar refractivity (Wildman–Crippen MR) is 115 cm³/mol. The molecule has 1 aromatic carbocycles. The van der Waals surface area contributed by atoms with Gasteiger partial charge in [0.1, 0.15) is 5.03 Å². The lowest BCUT2D eigenvalue weighted by Gasteiger charge is -2.34. The van der Waals surface area contributed by atoms with Gasteiger partial charge in [-0.05, 0) is 49.7 Å². The van der Waals surface area contributed by atoms with Crippen molar-refractivity contribution in [1.29, 1.82) is 0 Å². The fourth-order valence-corrected chi connectivity index (χ4v) is 4.44. The molecule has 1 aliphatic rings. The first-order valence-corrected chi connectivity index (χ1v) is 10.7. The summed E-state index contributed by atoms with van der Waals surface area (Å²) in [6.07, 6.45) is 3.20. The number of hydrogen-bond acceptors (Lipinski definition) is 5. The van der Waals surface area contributed by atoms with Gasteiger partial charge in [0.15, 0.2) is 5.76 Å². The number of aromatic nitrogens is 1. The third-order valence-electron chi connectivity index (χ3n) is 5.12. The Kier molecular flexibility index (Phi) is 5.90. The van der Waals surface area contributed by atoms with Crippen LogP contribution in [0.5, 0.6) is 0 Å². The zero-order chi connectivity index (χ0) is 21.1. The van der Waals surface area contributed by atoms with Crippen molar-refractivity contribution in [2.45, 2.75) is 23.8 Å². The monoisotopic (exact) mass is 421 g/mol. The van der Waals surface area contributed by atoms with Crippen LogP contribution in [-0.2, 0) is 0 Å². The van der Waals surface area contributed by atoms with Crippen molar-refractivity contribution in [3.63, 3.8) is 0 Å². The average Bonchev–Trinajstić information content (AvgIpc) is 3.30. The summed E-state index contributed by atoms with van der Waals surface area (Å²) in [6.45, 7) is 6.04. The maximum atomic E-state index is 13.2. The number of carbonyl (C=O) groups is 2. The molecule has 0 aliphatic carbocycles. The van der Waals surface area contributed by atoms with Crippen molar-refractivity contribution in [2.24, 2.45) is 0 Å². The van der Waals surface area contributed by atoms with Crippen molar-refractivity contribution in [1.82, 2.24) is 14.8 Å². The summed E-state index contributed by atoms with van der Waals surface area (Å²) in [5, 5.41) is 0.698. The van der Waals surface area contributed by atoms with Gasteiger partial charge in [0.25, 0.3) is 11.8 Å². The van der Waals surface area contributed by atoms with E-state index in [4.69, 9.17) is 4.42 Å². The van der Waals surface area contributed by atoms with Crippen LogP contribution in [0, 0.1) is 13.8 Å². The lowest BCUT2D eigenvalue weighted by Crippen LogP contribution is -2.50. The largest absolute Gasteiger partial charge is 0.459 e. The molecule has 2 amide bonds. The van der Waals surface area contributed by atoms with Gasteiger partial charge < -0.3 is 14.2 Å². The molecular formula is C23H23N3O3S. The van der Waals surface area contributed by atoms with E-state index < -0.39 is 0 Å².